The number of aromatic nitrogens is 2. The van der Waals surface area contributed by atoms with E-state index < -0.39 is 0 Å². The van der Waals surface area contributed by atoms with Gasteiger partial charge in [-0.1, -0.05) is 33.2 Å². The Morgan fingerprint density at radius 1 is 1.10 bits per heavy atom. The van der Waals surface area contributed by atoms with Crippen molar-refractivity contribution in [2.45, 2.75) is 6.92 Å². The van der Waals surface area contributed by atoms with Crippen molar-refractivity contribution >= 4 is 21.8 Å². The Kier molecular flexibility index (Phi) is 3.28. The van der Waals surface area contributed by atoms with Crippen LogP contribution in [0.2, 0.25) is 0 Å². The van der Waals surface area contributed by atoms with E-state index in [0.717, 1.165) is 26.7 Å². The molecule has 0 radical (unpaired) electrons. The third kappa shape index (κ3) is 2.32. The van der Waals surface area contributed by atoms with Crippen LogP contribution in [-0.4, -0.2) is 10.1 Å². The van der Waals surface area contributed by atoms with Gasteiger partial charge in [-0.25, -0.2) is 0 Å². The molecule has 0 unspecified atom stereocenters. The molecule has 5 heteroatoms. The second-order valence-electron chi connectivity index (χ2n) is 4.53. The van der Waals surface area contributed by atoms with E-state index in [-0.39, 0.29) is 0 Å². The summed E-state index contributed by atoms with van der Waals surface area (Å²) in [4.78, 5) is 4.19. The van der Waals surface area contributed by atoms with Crippen molar-refractivity contribution in [1.82, 2.24) is 10.1 Å². The lowest BCUT2D eigenvalue weighted by Crippen LogP contribution is -1.89. The maximum Gasteiger partial charge on any atom is 0.230 e. The Bertz CT molecular complexity index is 750. The third-order valence-corrected chi connectivity index (χ3v) is 3.53. The van der Waals surface area contributed by atoms with E-state index in [0.29, 0.717) is 11.6 Å². The molecule has 4 nitrogen and oxygen atoms in total. The van der Waals surface area contributed by atoms with Gasteiger partial charge in [0.2, 0.25) is 5.88 Å². The molecule has 0 bridgehead atoms. The number of nitrogens with zero attached hydrogens (tertiary/aromatic N) is 2. The van der Waals surface area contributed by atoms with Gasteiger partial charge in [-0.2, -0.15) is 0 Å². The molecule has 0 saturated carbocycles. The number of hydrogen-bond donors (Lipinski definition) is 1. The summed E-state index contributed by atoms with van der Waals surface area (Å²) in [6.07, 6.45) is 3.55. The van der Waals surface area contributed by atoms with E-state index in [1.54, 1.807) is 12.4 Å². The van der Waals surface area contributed by atoms with Crippen molar-refractivity contribution < 1.29 is 4.52 Å². The average molecular weight is 330 g/mol. The van der Waals surface area contributed by atoms with Gasteiger partial charge in [0, 0.05) is 22.4 Å². The van der Waals surface area contributed by atoms with Crippen LogP contribution in [0.4, 0.5) is 5.88 Å². The molecule has 100 valence electrons. The minimum atomic E-state index is 0.309. The van der Waals surface area contributed by atoms with Gasteiger partial charge in [0.15, 0.2) is 0 Å². The highest BCUT2D eigenvalue weighted by Crippen LogP contribution is 2.36. The van der Waals surface area contributed by atoms with E-state index >= 15 is 0 Å². The minimum absolute atomic E-state index is 0.309. The number of anilines is 1. The van der Waals surface area contributed by atoms with Crippen molar-refractivity contribution in [3.05, 3.63) is 52.8 Å². The van der Waals surface area contributed by atoms with E-state index in [9.17, 15) is 0 Å². The van der Waals surface area contributed by atoms with Crippen LogP contribution < -0.4 is 5.73 Å². The molecule has 0 saturated heterocycles. The standard InChI is InChI=1S/C15H12BrN3O/c1-9-6-11(8-18-7-9)14-13(15(17)20-19-14)10-2-4-12(16)5-3-10/h2-8H,17H2,1H3. The van der Waals surface area contributed by atoms with Gasteiger partial charge in [0.1, 0.15) is 5.69 Å². The molecule has 0 atom stereocenters. The largest absolute Gasteiger partial charge is 0.367 e. The number of hydrogen-bond acceptors (Lipinski definition) is 4. The highest BCUT2D eigenvalue weighted by molar-refractivity contribution is 9.10. The lowest BCUT2D eigenvalue weighted by Gasteiger charge is -2.03. The fourth-order valence-electron chi connectivity index (χ4n) is 2.08. The Morgan fingerprint density at radius 2 is 1.85 bits per heavy atom. The maximum absolute atomic E-state index is 5.93. The summed E-state index contributed by atoms with van der Waals surface area (Å²) in [6.45, 7) is 1.99. The van der Waals surface area contributed by atoms with Gasteiger partial charge in [-0.15, -0.1) is 0 Å². The highest BCUT2D eigenvalue weighted by Gasteiger charge is 2.17. The Morgan fingerprint density at radius 3 is 2.55 bits per heavy atom. The summed E-state index contributed by atoms with van der Waals surface area (Å²) in [6, 6.07) is 9.87. The van der Waals surface area contributed by atoms with Crippen molar-refractivity contribution in [3.63, 3.8) is 0 Å². The summed E-state index contributed by atoms with van der Waals surface area (Å²) in [7, 11) is 0. The van der Waals surface area contributed by atoms with E-state index in [4.69, 9.17) is 10.3 Å². The second-order valence-corrected chi connectivity index (χ2v) is 5.44. The predicted molar refractivity (Wildman–Crippen MR) is 82.0 cm³/mol. The molecule has 2 heterocycles. The zero-order valence-corrected chi connectivity index (χ0v) is 12.4. The van der Waals surface area contributed by atoms with Crippen LogP contribution in [0.15, 0.2) is 51.7 Å². The predicted octanol–water partition coefficient (Wildman–Crippen LogP) is 4.06. The molecule has 0 spiro atoms. The van der Waals surface area contributed by atoms with Crippen LogP contribution in [0, 0.1) is 6.92 Å². The topological polar surface area (TPSA) is 64.9 Å². The number of aryl methyl sites for hydroxylation is 1. The highest BCUT2D eigenvalue weighted by atomic mass is 79.9. The van der Waals surface area contributed by atoms with E-state index in [1.165, 1.54) is 0 Å². The number of nitrogen functional groups attached to an aromatic ring is 1. The summed E-state index contributed by atoms with van der Waals surface area (Å²) in [5, 5.41) is 4.07. The van der Waals surface area contributed by atoms with Gasteiger partial charge >= 0.3 is 0 Å². The normalized spacial score (nSPS) is 10.7. The van der Waals surface area contributed by atoms with Crippen LogP contribution in [0.5, 0.6) is 0 Å². The molecule has 0 amide bonds. The summed E-state index contributed by atoms with van der Waals surface area (Å²) in [5.41, 5.74) is 10.3. The first kappa shape index (κ1) is 12.9. The zero-order valence-electron chi connectivity index (χ0n) is 10.8. The molecule has 2 N–H and O–H groups in total. The van der Waals surface area contributed by atoms with Gasteiger partial charge in [0.05, 0.1) is 5.56 Å². The van der Waals surface area contributed by atoms with Gasteiger partial charge in [-0.3, -0.25) is 4.98 Å². The van der Waals surface area contributed by atoms with Gasteiger partial charge in [0.25, 0.3) is 0 Å². The van der Waals surface area contributed by atoms with Crippen LogP contribution >= 0.6 is 15.9 Å². The summed E-state index contributed by atoms with van der Waals surface area (Å²) in [5.74, 6) is 0.309. The van der Waals surface area contributed by atoms with Crippen LogP contribution in [0.1, 0.15) is 5.56 Å². The Labute approximate surface area is 124 Å². The monoisotopic (exact) mass is 329 g/mol. The van der Waals surface area contributed by atoms with Gasteiger partial charge < -0.3 is 10.3 Å². The van der Waals surface area contributed by atoms with Crippen molar-refractivity contribution in [2.24, 2.45) is 0 Å². The van der Waals surface area contributed by atoms with Crippen LogP contribution in [0.3, 0.4) is 0 Å². The van der Waals surface area contributed by atoms with Crippen molar-refractivity contribution in [3.8, 4) is 22.4 Å². The van der Waals surface area contributed by atoms with Crippen molar-refractivity contribution in [1.29, 1.82) is 0 Å². The molecule has 0 fully saturated rings. The first-order valence-corrected chi connectivity index (χ1v) is 6.87. The number of pyridine rings is 1. The Balaban J connectivity index is 2.17. The van der Waals surface area contributed by atoms with E-state index in [1.807, 2.05) is 37.3 Å². The average Bonchev–Trinajstić information content (AvgIpc) is 2.82. The fourth-order valence-corrected chi connectivity index (χ4v) is 2.34. The molecule has 0 aliphatic carbocycles. The first-order chi connectivity index (χ1) is 9.65. The summed E-state index contributed by atoms with van der Waals surface area (Å²) < 4.78 is 6.17. The molecule has 2 aromatic heterocycles. The number of rotatable bonds is 2. The quantitative estimate of drug-likeness (QED) is 0.770. The second kappa shape index (κ2) is 5.09. The van der Waals surface area contributed by atoms with Crippen LogP contribution in [0.25, 0.3) is 22.4 Å². The molecule has 0 aliphatic rings. The summed E-state index contributed by atoms with van der Waals surface area (Å²) >= 11 is 3.42. The minimum Gasteiger partial charge on any atom is -0.367 e. The molecular weight excluding hydrogens is 318 g/mol. The SMILES string of the molecule is Cc1cncc(-c2noc(N)c2-c2ccc(Br)cc2)c1. The Hall–Kier alpha value is -2.14. The molecule has 20 heavy (non-hydrogen) atoms. The zero-order chi connectivity index (χ0) is 14.1. The number of halogens is 1. The van der Waals surface area contributed by atoms with Gasteiger partial charge in [-0.05, 0) is 36.2 Å². The molecular formula is C15H12BrN3O. The lowest BCUT2D eigenvalue weighted by atomic mass is 10.0. The van der Waals surface area contributed by atoms with Crippen molar-refractivity contribution in [2.75, 3.05) is 5.73 Å². The molecule has 3 rings (SSSR count). The number of nitrogens with two attached hydrogens (primary N) is 1. The number of benzene rings is 1. The van der Waals surface area contributed by atoms with Crippen LogP contribution in [-0.2, 0) is 0 Å². The maximum atomic E-state index is 5.93. The lowest BCUT2D eigenvalue weighted by molar-refractivity contribution is 0.439. The molecule has 3 aromatic rings. The molecule has 1 aromatic carbocycles. The fraction of sp³-hybridized carbons (Fsp3) is 0.0667. The molecule has 0 aliphatic heterocycles. The first-order valence-electron chi connectivity index (χ1n) is 6.08. The smallest absolute Gasteiger partial charge is 0.230 e. The van der Waals surface area contributed by atoms with E-state index in [2.05, 4.69) is 26.1 Å². The third-order valence-electron chi connectivity index (χ3n) is 3.00.